The smallest absolute Gasteiger partial charge is 0.435 e. The van der Waals surface area contributed by atoms with Crippen molar-refractivity contribution in [2.45, 2.75) is 31.5 Å². The van der Waals surface area contributed by atoms with Gasteiger partial charge in [-0.15, -0.1) is 0 Å². The van der Waals surface area contributed by atoms with Crippen molar-refractivity contribution < 1.29 is 51.8 Å². The maximum absolute atomic E-state index is 14.5. The van der Waals surface area contributed by atoms with Crippen LogP contribution in [0.15, 0.2) is 49.1 Å². The molecule has 5 aromatic rings. The topological polar surface area (TPSA) is 224 Å². The Kier molecular flexibility index (Phi) is 12.3. The Bertz CT molecular complexity index is 2750. The highest BCUT2D eigenvalue weighted by Gasteiger charge is 2.43. The Morgan fingerprint density at radius 3 is 2.28 bits per heavy atom. The van der Waals surface area contributed by atoms with Crippen molar-refractivity contribution in [1.29, 1.82) is 0 Å². The predicted octanol–water partition coefficient (Wildman–Crippen LogP) is 3.10. The van der Waals surface area contributed by atoms with Crippen LogP contribution in [-0.4, -0.2) is 173 Å². The maximum Gasteiger partial charge on any atom is 0.435 e. The van der Waals surface area contributed by atoms with E-state index in [0.717, 1.165) is 36.7 Å². The van der Waals surface area contributed by atoms with Crippen LogP contribution in [0.3, 0.4) is 0 Å². The molecule has 1 aromatic carbocycles. The number of aliphatic hydroxyl groups is 1. The van der Waals surface area contributed by atoms with Gasteiger partial charge in [0.1, 0.15) is 0 Å². The molecule has 4 aliphatic rings. The summed E-state index contributed by atoms with van der Waals surface area (Å²) in [5, 5.41) is 29.7. The van der Waals surface area contributed by atoms with Gasteiger partial charge >= 0.3 is 12.1 Å². The van der Waals surface area contributed by atoms with E-state index in [4.69, 9.17) is 11.6 Å². The number of aliphatic hydroxyl groups excluding tert-OH is 1. The van der Waals surface area contributed by atoms with E-state index in [1.807, 2.05) is 0 Å². The van der Waals surface area contributed by atoms with E-state index < -0.39 is 29.9 Å². The summed E-state index contributed by atoms with van der Waals surface area (Å²) in [6.07, 6.45) is 1.27. The first kappa shape index (κ1) is 45.8. The number of halogens is 4. The zero-order valence-corrected chi connectivity index (χ0v) is 37.2. The molecule has 4 fully saturated rings. The number of hydrogen-bond acceptors (Lipinski definition) is 10. The van der Waals surface area contributed by atoms with Gasteiger partial charge in [0.25, 0.3) is 17.7 Å². The number of aromatic amines is 1. The number of aromatic nitrogens is 6. The van der Waals surface area contributed by atoms with Crippen LogP contribution in [-0.2, 0) is 22.8 Å². The van der Waals surface area contributed by atoms with E-state index in [-0.39, 0.29) is 89.0 Å². The van der Waals surface area contributed by atoms with Gasteiger partial charge in [-0.25, -0.2) is 19.4 Å². The number of amides is 4. The van der Waals surface area contributed by atoms with Gasteiger partial charge < -0.3 is 49.6 Å². The minimum absolute atomic E-state index is 0.0210. The number of fused-ring (bicyclic) bond motifs is 1. The molecule has 4 aromatic heterocycles. The van der Waals surface area contributed by atoms with Crippen molar-refractivity contribution in [3.8, 4) is 17.1 Å². The molecule has 4 saturated heterocycles. The molecule has 0 radical (unpaired) electrons. The van der Waals surface area contributed by atoms with Crippen LogP contribution in [0.1, 0.15) is 56.3 Å². The third-order valence-electron chi connectivity index (χ3n) is 13.5. The summed E-state index contributed by atoms with van der Waals surface area (Å²) >= 11 is 6.59. The van der Waals surface area contributed by atoms with Gasteiger partial charge in [0.05, 0.1) is 64.9 Å². The Balaban J connectivity index is 0.826. The van der Waals surface area contributed by atoms with Gasteiger partial charge in [0.15, 0.2) is 23.9 Å². The first-order valence-electron chi connectivity index (χ1n) is 22.1. The third-order valence-corrected chi connectivity index (χ3v) is 13.8. The minimum Gasteiger partial charge on any atom is -0.477 e. The van der Waals surface area contributed by atoms with Crippen molar-refractivity contribution in [3.63, 3.8) is 0 Å². The molecule has 23 heteroatoms. The number of piperazine rings is 1. The van der Waals surface area contributed by atoms with Gasteiger partial charge in [-0.2, -0.15) is 18.3 Å². The van der Waals surface area contributed by atoms with Crippen molar-refractivity contribution >= 4 is 57.8 Å². The Morgan fingerprint density at radius 2 is 1.64 bits per heavy atom. The van der Waals surface area contributed by atoms with Crippen molar-refractivity contribution in [3.05, 3.63) is 76.7 Å². The van der Waals surface area contributed by atoms with Crippen LogP contribution in [0.2, 0.25) is 5.02 Å². The second kappa shape index (κ2) is 18.0. The summed E-state index contributed by atoms with van der Waals surface area (Å²) in [4.78, 5) is 81.8. The lowest BCUT2D eigenvalue weighted by atomic mass is 9.90. The number of β-amino-alcohol motifs (C(OH)–C–C–N with tert-alkyl or cyclic N) is 1. The van der Waals surface area contributed by atoms with E-state index in [1.54, 1.807) is 9.80 Å². The highest BCUT2D eigenvalue weighted by molar-refractivity contribution is 6.34. The normalized spacial score (nSPS) is 21.4. The van der Waals surface area contributed by atoms with Crippen LogP contribution >= 0.6 is 11.6 Å². The largest absolute Gasteiger partial charge is 0.477 e. The zero-order valence-electron chi connectivity index (χ0n) is 36.4. The summed E-state index contributed by atoms with van der Waals surface area (Å²) in [5.41, 5.74) is -0.576. The van der Waals surface area contributed by atoms with Gasteiger partial charge in [-0.1, -0.05) is 11.6 Å². The summed E-state index contributed by atoms with van der Waals surface area (Å²) < 4.78 is 46.1. The number of carbonyl (C=O) groups is 5. The molecule has 9 rings (SSSR count). The fraction of sp³-hybridized carbons (Fsp3) is 0.455. The predicted molar refractivity (Wildman–Crippen MR) is 235 cm³/mol. The van der Waals surface area contributed by atoms with Crippen molar-refractivity contribution in [2.75, 3.05) is 83.9 Å². The summed E-state index contributed by atoms with van der Waals surface area (Å²) in [6.45, 7) is 5.72. The number of aliphatic carboxylic acids is 1. The monoisotopic (exact) mass is 949 g/mol. The van der Waals surface area contributed by atoms with Crippen LogP contribution in [0.4, 0.5) is 18.9 Å². The highest BCUT2D eigenvalue weighted by Crippen LogP contribution is 2.37. The molecule has 19 nitrogen and oxygen atoms in total. The molecule has 0 aliphatic carbocycles. The lowest BCUT2D eigenvalue weighted by Gasteiger charge is -2.46. The minimum atomic E-state index is -4.91. The first-order chi connectivity index (χ1) is 32.0. The number of carboxylic acid groups (broad SMARTS) is 1. The van der Waals surface area contributed by atoms with E-state index >= 15 is 0 Å². The fourth-order valence-electron chi connectivity index (χ4n) is 9.76. The molecule has 1 atom stereocenters. The van der Waals surface area contributed by atoms with Crippen molar-refractivity contribution in [1.82, 2.24) is 49.3 Å². The van der Waals surface area contributed by atoms with Crippen LogP contribution in [0.25, 0.3) is 28.0 Å². The third kappa shape index (κ3) is 9.21. The number of piperidine rings is 1. The van der Waals surface area contributed by atoms with E-state index in [1.165, 1.54) is 53.2 Å². The number of nitrogens with one attached hydrogen (secondary N) is 3. The number of carboxylic acids is 1. The molecule has 0 saturated carbocycles. The maximum atomic E-state index is 14.5. The molecule has 5 N–H and O–H groups in total. The second-order valence-corrected chi connectivity index (χ2v) is 18.3. The number of anilines is 1. The number of imidazole rings is 1. The highest BCUT2D eigenvalue weighted by atomic mass is 35.5. The lowest BCUT2D eigenvalue weighted by Crippen LogP contribution is -2.62. The first-order valence-corrected chi connectivity index (χ1v) is 22.4. The Hall–Kier alpha value is -6.36. The number of rotatable bonds is 11. The number of quaternary nitrogens is 1. The fourth-order valence-corrected chi connectivity index (χ4v) is 10.0. The number of hydrogen-bond donors (Lipinski definition) is 5. The quantitative estimate of drug-likeness (QED) is 0.121. The average molecular weight is 950 g/mol. The van der Waals surface area contributed by atoms with Crippen LogP contribution in [0, 0.1) is 11.8 Å². The number of carbonyl (C=O) groups excluding carboxylic acids is 4. The van der Waals surface area contributed by atoms with E-state index in [0.29, 0.717) is 78.9 Å². The number of alkyl halides is 3. The molecule has 8 heterocycles. The van der Waals surface area contributed by atoms with Gasteiger partial charge in [0.2, 0.25) is 5.91 Å². The summed E-state index contributed by atoms with van der Waals surface area (Å²) in [5.74, 6) is -2.20. The summed E-state index contributed by atoms with van der Waals surface area (Å²) in [6, 6.07) is 5.79. The van der Waals surface area contributed by atoms with Gasteiger partial charge in [-0.05, 0) is 24.6 Å². The number of nitrogens with zero attached hydrogens (tertiary/aromatic N) is 9. The van der Waals surface area contributed by atoms with Crippen LogP contribution < -0.4 is 10.6 Å². The molecule has 0 bridgehead atoms. The molecular formula is C44H49ClF3N12O7+. The molecule has 354 valence electrons. The molecule has 67 heavy (non-hydrogen) atoms. The van der Waals surface area contributed by atoms with Crippen LogP contribution in [0.5, 0.6) is 0 Å². The van der Waals surface area contributed by atoms with Crippen molar-refractivity contribution in [2.24, 2.45) is 18.9 Å². The lowest BCUT2D eigenvalue weighted by molar-refractivity contribution is -0.929. The summed E-state index contributed by atoms with van der Waals surface area (Å²) in [7, 11) is 1.38. The number of likely N-dealkylation sites (tertiary alicyclic amines) is 2. The standard InChI is InChI=1S/C44H48ClF3N12O7/c1-55-35(32-22-59(54-38(32)44(46,47)48)36-15-34-30(18-51-36)31(19-50-34)43(67)58-7-4-28(61)21-58)20-52-39(55)40(64)53-27-2-3-29(33(45)14-27)42(66)57-10-8-56(9-11-57)41(65)26-5-12-60(13-6-26,24-37(62)63)23-25-16-49-17-25/h2-3,14-15,18-20,22,25-26,28,49,61H,4-13,16-17,21,23-24H2,1H3,(H2-,50,51,53,62,63,64,66,67)/p+1/t26?,28-,60?/m0/s1. The van der Waals surface area contributed by atoms with Gasteiger partial charge in [0, 0.05) is 120 Å². The van der Waals surface area contributed by atoms with E-state index in [9.17, 15) is 47.4 Å². The molecule has 4 aliphatic heterocycles. The van der Waals surface area contributed by atoms with Gasteiger partial charge in [-0.3, -0.25) is 19.2 Å². The zero-order chi connectivity index (χ0) is 47.4. The molecule has 0 spiro atoms. The SMILES string of the molecule is Cn1c(-c2cn(-c3cc4[nH]cc(C(=O)N5CC[C@H](O)C5)c4cn3)nc2C(F)(F)F)cnc1C(=O)Nc1ccc(C(=O)N2CCN(C(=O)C3CC[N+](CC(=O)O)(CC4CNC4)CC3)CC2)c(Cl)c1. The average Bonchev–Trinajstić information content (AvgIpc) is 4.10. The number of benzene rings is 1. The molecule has 0 unspecified atom stereocenters. The Morgan fingerprint density at radius 1 is 0.925 bits per heavy atom. The molecular weight excluding hydrogens is 901 g/mol. The van der Waals surface area contributed by atoms with E-state index in [2.05, 4.69) is 30.7 Å². The second-order valence-electron chi connectivity index (χ2n) is 17.9. The number of H-pyrrole nitrogens is 1. The Labute approximate surface area is 386 Å². The molecule has 4 amide bonds. The number of pyridine rings is 1.